The Balaban J connectivity index is 1.95. The van der Waals surface area contributed by atoms with Crippen molar-refractivity contribution in [3.8, 4) is 0 Å². The third-order valence-corrected chi connectivity index (χ3v) is 4.82. The molecule has 0 aliphatic carbocycles. The zero-order chi connectivity index (χ0) is 15.1. The largest absolute Gasteiger partial charge is 0.313 e. The van der Waals surface area contributed by atoms with Crippen molar-refractivity contribution in [2.24, 2.45) is 0 Å². The molecule has 112 valence electrons. The molecule has 2 rings (SSSR count). The first-order valence-corrected chi connectivity index (χ1v) is 8.73. The molecule has 1 N–H and O–H groups in total. The third-order valence-electron chi connectivity index (χ3n) is 3.42. The second-order valence-corrected chi connectivity index (χ2v) is 6.60. The van der Waals surface area contributed by atoms with Crippen LogP contribution in [0.25, 0.3) is 0 Å². The van der Waals surface area contributed by atoms with Crippen molar-refractivity contribution in [2.45, 2.75) is 37.5 Å². The van der Waals surface area contributed by atoms with Crippen LogP contribution in [0.3, 0.4) is 0 Å². The summed E-state index contributed by atoms with van der Waals surface area (Å²) < 4.78 is 0. The normalized spacial score (nSPS) is 10.8. The Labute approximate surface area is 137 Å². The van der Waals surface area contributed by atoms with E-state index in [1.165, 1.54) is 21.6 Å². The van der Waals surface area contributed by atoms with Gasteiger partial charge in [0.1, 0.15) is 0 Å². The summed E-state index contributed by atoms with van der Waals surface area (Å²) in [6.07, 6.45) is 1.14. The van der Waals surface area contributed by atoms with Crippen molar-refractivity contribution in [3.63, 3.8) is 0 Å². The van der Waals surface area contributed by atoms with Gasteiger partial charge in [0, 0.05) is 22.2 Å². The molecule has 0 amide bonds. The van der Waals surface area contributed by atoms with Crippen LogP contribution in [0.5, 0.6) is 0 Å². The van der Waals surface area contributed by atoms with Gasteiger partial charge < -0.3 is 5.32 Å². The quantitative estimate of drug-likeness (QED) is 0.538. The summed E-state index contributed by atoms with van der Waals surface area (Å²) in [5.41, 5.74) is 3.90. The topological polar surface area (TPSA) is 12.0 Å². The fraction of sp³-hybridized carbons (Fsp3) is 0.333. The molecule has 0 aliphatic rings. The van der Waals surface area contributed by atoms with Gasteiger partial charge in [-0.1, -0.05) is 48.9 Å². The van der Waals surface area contributed by atoms with Crippen LogP contribution in [0.4, 0.5) is 0 Å². The number of hydrogen-bond donors (Lipinski definition) is 1. The minimum Gasteiger partial charge on any atom is -0.313 e. The Kier molecular flexibility index (Phi) is 6.62. The van der Waals surface area contributed by atoms with Gasteiger partial charge >= 0.3 is 0 Å². The second-order valence-electron chi connectivity index (χ2n) is 5.15. The summed E-state index contributed by atoms with van der Waals surface area (Å²) in [7, 11) is 0. The van der Waals surface area contributed by atoms with E-state index in [9.17, 15) is 0 Å². The summed E-state index contributed by atoms with van der Waals surface area (Å²) in [5, 5.41) is 4.24. The molecule has 2 aromatic rings. The Morgan fingerprint density at radius 2 is 1.90 bits per heavy atom. The molecule has 3 heteroatoms. The minimum atomic E-state index is 0.843. The highest BCUT2D eigenvalue weighted by Crippen LogP contribution is 2.28. The lowest BCUT2D eigenvalue weighted by molar-refractivity contribution is 0.675. The van der Waals surface area contributed by atoms with Crippen LogP contribution in [-0.4, -0.2) is 6.54 Å². The van der Waals surface area contributed by atoms with Crippen molar-refractivity contribution in [2.75, 3.05) is 6.54 Å². The molecule has 0 saturated carbocycles. The molecule has 0 fully saturated rings. The molecule has 0 bridgehead atoms. The predicted molar refractivity (Wildman–Crippen MR) is 94.2 cm³/mol. The third kappa shape index (κ3) is 5.06. The number of nitrogens with one attached hydrogen (secondary N) is 1. The summed E-state index contributed by atoms with van der Waals surface area (Å²) in [6, 6.07) is 14.9. The van der Waals surface area contributed by atoms with Gasteiger partial charge in [-0.3, -0.25) is 0 Å². The lowest BCUT2D eigenvalue weighted by Gasteiger charge is -2.09. The smallest absolute Gasteiger partial charge is 0.0462 e. The number of aryl methyl sites for hydroxylation is 1. The maximum atomic E-state index is 6.37. The fourth-order valence-corrected chi connectivity index (χ4v) is 3.42. The van der Waals surface area contributed by atoms with Crippen LogP contribution in [0.2, 0.25) is 5.02 Å². The van der Waals surface area contributed by atoms with E-state index in [2.05, 4.69) is 61.6 Å². The van der Waals surface area contributed by atoms with E-state index in [4.69, 9.17) is 11.6 Å². The molecule has 0 heterocycles. The molecular weight excluding hydrogens is 298 g/mol. The van der Waals surface area contributed by atoms with Crippen LogP contribution in [-0.2, 0) is 12.3 Å². The van der Waals surface area contributed by atoms with Gasteiger partial charge in [-0.15, -0.1) is 11.8 Å². The van der Waals surface area contributed by atoms with Crippen molar-refractivity contribution >= 4 is 23.4 Å². The lowest BCUT2D eigenvalue weighted by atomic mass is 10.1. The SMILES string of the molecule is CCCNCc1ccc(SCc2ccccc2C)cc1Cl. The van der Waals surface area contributed by atoms with Gasteiger partial charge in [0.25, 0.3) is 0 Å². The molecule has 0 unspecified atom stereocenters. The van der Waals surface area contributed by atoms with Gasteiger partial charge in [0.05, 0.1) is 0 Å². The zero-order valence-electron chi connectivity index (χ0n) is 12.7. The summed E-state index contributed by atoms with van der Waals surface area (Å²) in [4.78, 5) is 1.22. The van der Waals surface area contributed by atoms with E-state index in [0.717, 1.165) is 30.3 Å². The molecule has 0 aromatic heterocycles. The standard InChI is InChI=1S/C18H22ClNS/c1-3-10-20-12-15-8-9-17(11-18(15)19)21-13-16-7-5-4-6-14(16)2/h4-9,11,20H,3,10,12-13H2,1-2H3. The molecule has 1 nitrogen and oxygen atoms in total. The Morgan fingerprint density at radius 3 is 2.62 bits per heavy atom. The Bertz CT molecular complexity index is 583. The van der Waals surface area contributed by atoms with Gasteiger partial charge in [-0.25, -0.2) is 0 Å². The zero-order valence-corrected chi connectivity index (χ0v) is 14.2. The van der Waals surface area contributed by atoms with Crippen LogP contribution in [0.15, 0.2) is 47.4 Å². The van der Waals surface area contributed by atoms with Crippen LogP contribution in [0.1, 0.15) is 30.0 Å². The highest BCUT2D eigenvalue weighted by molar-refractivity contribution is 7.98. The Morgan fingerprint density at radius 1 is 1.10 bits per heavy atom. The highest BCUT2D eigenvalue weighted by atomic mass is 35.5. The molecule has 0 radical (unpaired) electrons. The van der Waals surface area contributed by atoms with Crippen LogP contribution < -0.4 is 5.32 Å². The lowest BCUT2D eigenvalue weighted by Crippen LogP contribution is -2.13. The summed E-state index contributed by atoms with van der Waals surface area (Å²) in [5.74, 6) is 0.983. The number of halogens is 1. The number of benzene rings is 2. The molecule has 0 saturated heterocycles. The molecular formula is C18H22ClNS. The molecule has 0 atom stereocenters. The van der Waals surface area contributed by atoms with Gasteiger partial charge in [-0.05, 0) is 48.7 Å². The van der Waals surface area contributed by atoms with E-state index in [1.807, 2.05) is 11.8 Å². The second kappa shape index (κ2) is 8.47. The van der Waals surface area contributed by atoms with Gasteiger partial charge in [0.15, 0.2) is 0 Å². The molecule has 21 heavy (non-hydrogen) atoms. The molecule has 0 spiro atoms. The minimum absolute atomic E-state index is 0.843. The van der Waals surface area contributed by atoms with Gasteiger partial charge in [-0.2, -0.15) is 0 Å². The van der Waals surface area contributed by atoms with E-state index in [0.29, 0.717) is 0 Å². The van der Waals surface area contributed by atoms with E-state index < -0.39 is 0 Å². The summed E-state index contributed by atoms with van der Waals surface area (Å²) >= 11 is 8.20. The maximum Gasteiger partial charge on any atom is 0.0462 e. The van der Waals surface area contributed by atoms with Crippen LogP contribution >= 0.6 is 23.4 Å². The monoisotopic (exact) mass is 319 g/mol. The number of hydrogen-bond acceptors (Lipinski definition) is 2. The molecule has 2 aromatic carbocycles. The summed E-state index contributed by atoms with van der Waals surface area (Å²) in [6.45, 7) is 6.20. The van der Waals surface area contributed by atoms with Crippen molar-refractivity contribution < 1.29 is 0 Å². The van der Waals surface area contributed by atoms with Crippen molar-refractivity contribution in [3.05, 3.63) is 64.2 Å². The van der Waals surface area contributed by atoms with Crippen LogP contribution in [0, 0.1) is 6.92 Å². The first kappa shape index (κ1) is 16.4. The molecule has 0 aliphatic heterocycles. The maximum absolute atomic E-state index is 6.37. The average molecular weight is 320 g/mol. The number of rotatable bonds is 7. The average Bonchev–Trinajstić information content (AvgIpc) is 2.49. The van der Waals surface area contributed by atoms with E-state index >= 15 is 0 Å². The Hall–Kier alpha value is -0.960. The van der Waals surface area contributed by atoms with Crippen molar-refractivity contribution in [1.29, 1.82) is 0 Å². The van der Waals surface area contributed by atoms with E-state index in [-0.39, 0.29) is 0 Å². The van der Waals surface area contributed by atoms with Crippen molar-refractivity contribution in [1.82, 2.24) is 5.32 Å². The fourth-order valence-electron chi connectivity index (χ4n) is 2.09. The van der Waals surface area contributed by atoms with E-state index in [1.54, 1.807) is 0 Å². The first-order chi connectivity index (χ1) is 10.2. The van der Waals surface area contributed by atoms with Gasteiger partial charge in [0.2, 0.25) is 0 Å². The number of thioether (sulfide) groups is 1. The predicted octanol–water partition coefficient (Wildman–Crippen LogP) is 5.44. The first-order valence-electron chi connectivity index (χ1n) is 7.37. The highest BCUT2D eigenvalue weighted by Gasteiger charge is 2.04.